The van der Waals surface area contributed by atoms with Crippen LogP contribution < -0.4 is 0 Å². The van der Waals surface area contributed by atoms with Crippen molar-refractivity contribution in [2.75, 3.05) is 0 Å². The van der Waals surface area contributed by atoms with Crippen LogP contribution in [0.3, 0.4) is 0 Å². The Morgan fingerprint density at radius 1 is 1.64 bits per heavy atom. The smallest absolute Gasteiger partial charge is 0.408 e. The van der Waals surface area contributed by atoms with Crippen molar-refractivity contribution in [3.63, 3.8) is 0 Å². The van der Waals surface area contributed by atoms with E-state index in [0.717, 1.165) is 6.20 Å². The Hall–Kier alpha value is -1.53. The molecule has 0 saturated carbocycles. The number of alkyl halides is 3. The van der Waals surface area contributed by atoms with Gasteiger partial charge in [0.15, 0.2) is 5.69 Å². The Balaban J connectivity index is 2.92. The highest BCUT2D eigenvalue weighted by molar-refractivity contribution is 5.86. The molecule has 0 aromatic carbocycles. The number of nitrogens with zero attached hydrogens (tertiary/aromatic N) is 2. The van der Waals surface area contributed by atoms with E-state index in [2.05, 4.69) is 5.10 Å². The van der Waals surface area contributed by atoms with E-state index >= 15 is 0 Å². The van der Waals surface area contributed by atoms with Gasteiger partial charge in [0.2, 0.25) is 0 Å². The molecule has 7 heteroatoms. The Morgan fingerprint density at radius 3 is 2.57 bits per heavy atom. The second-order valence-corrected chi connectivity index (χ2v) is 2.78. The summed E-state index contributed by atoms with van der Waals surface area (Å²) in [7, 11) is 0. The fourth-order valence-electron chi connectivity index (χ4n) is 0.997. The van der Waals surface area contributed by atoms with Gasteiger partial charge in [-0.3, -0.25) is 4.68 Å². The van der Waals surface area contributed by atoms with Crippen LogP contribution in [0.4, 0.5) is 13.2 Å². The van der Waals surface area contributed by atoms with Crippen LogP contribution in [0.25, 0.3) is 0 Å². The number of hydrogen-bond donors (Lipinski definition) is 1. The first-order chi connectivity index (χ1) is 6.29. The molecule has 78 valence electrons. The van der Waals surface area contributed by atoms with E-state index in [4.69, 9.17) is 5.11 Å². The van der Waals surface area contributed by atoms with Gasteiger partial charge in [-0.2, -0.15) is 18.3 Å². The molecule has 0 aliphatic heterocycles. The lowest BCUT2D eigenvalue weighted by Gasteiger charge is -2.04. The summed E-state index contributed by atoms with van der Waals surface area (Å²) >= 11 is 0. The summed E-state index contributed by atoms with van der Waals surface area (Å²) in [5.74, 6) is -1.33. The van der Waals surface area contributed by atoms with Crippen molar-refractivity contribution in [3.05, 3.63) is 17.5 Å². The zero-order chi connectivity index (χ0) is 10.9. The predicted octanol–water partition coefficient (Wildman–Crippen LogP) is 1.45. The highest BCUT2D eigenvalue weighted by atomic mass is 19.4. The van der Waals surface area contributed by atoms with Gasteiger partial charge in [-0.05, 0) is 6.92 Å². The summed E-state index contributed by atoms with van der Waals surface area (Å²) in [6.45, 7) is 0.116. The van der Waals surface area contributed by atoms with Crippen LogP contribution in [0.2, 0.25) is 0 Å². The van der Waals surface area contributed by atoms with Crippen molar-refractivity contribution in [3.8, 4) is 0 Å². The maximum Gasteiger partial charge on any atom is 0.408 e. The lowest BCUT2D eigenvalue weighted by molar-refractivity contribution is -0.142. The van der Waals surface area contributed by atoms with Gasteiger partial charge in [-0.15, -0.1) is 0 Å². The van der Waals surface area contributed by atoms with Crippen LogP contribution in [-0.4, -0.2) is 27.0 Å². The van der Waals surface area contributed by atoms with E-state index in [1.165, 1.54) is 6.92 Å². The predicted molar refractivity (Wildman–Crippen MR) is 40.0 cm³/mol. The topological polar surface area (TPSA) is 55.1 Å². The molecule has 0 atom stereocenters. The van der Waals surface area contributed by atoms with Crippen molar-refractivity contribution in [2.24, 2.45) is 0 Å². The molecule has 1 N–H and O–H groups in total. The van der Waals surface area contributed by atoms with Gasteiger partial charge >= 0.3 is 12.1 Å². The third-order valence-corrected chi connectivity index (χ3v) is 1.49. The first-order valence-electron chi connectivity index (χ1n) is 3.63. The molecule has 0 saturated heterocycles. The molecular weight excluding hydrogens is 201 g/mol. The zero-order valence-corrected chi connectivity index (χ0v) is 7.17. The van der Waals surface area contributed by atoms with E-state index in [0.29, 0.717) is 4.68 Å². The lowest BCUT2D eigenvalue weighted by atomic mass is 10.3. The quantitative estimate of drug-likeness (QED) is 0.800. The normalized spacial score (nSPS) is 11.7. The molecule has 14 heavy (non-hydrogen) atoms. The van der Waals surface area contributed by atoms with Crippen LogP contribution in [0.1, 0.15) is 16.1 Å². The number of halogens is 3. The molecule has 1 aromatic rings. The number of hydrogen-bond acceptors (Lipinski definition) is 2. The molecule has 1 aromatic heterocycles. The molecule has 1 heterocycles. The maximum atomic E-state index is 11.9. The molecule has 0 aliphatic rings. The van der Waals surface area contributed by atoms with Gasteiger partial charge in [-0.1, -0.05) is 0 Å². The largest absolute Gasteiger partial charge is 0.476 e. The Kier molecular flexibility index (Phi) is 2.50. The summed E-state index contributed by atoms with van der Waals surface area (Å²) in [4.78, 5) is 10.4. The zero-order valence-electron chi connectivity index (χ0n) is 7.17. The lowest BCUT2D eigenvalue weighted by Crippen LogP contribution is -2.18. The van der Waals surface area contributed by atoms with Crippen LogP contribution in [0.15, 0.2) is 6.20 Å². The molecule has 4 nitrogen and oxygen atoms in total. The Labute approximate surface area is 77.0 Å². The minimum Gasteiger partial charge on any atom is -0.476 e. The van der Waals surface area contributed by atoms with Crippen molar-refractivity contribution in [2.45, 2.75) is 19.6 Å². The molecule has 0 bridgehead atoms. The van der Waals surface area contributed by atoms with E-state index in [1.807, 2.05) is 0 Å². The van der Waals surface area contributed by atoms with Gasteiger partial charge in [-0.25, -0.2) is 4.79 Å². The number of carboxylic acid groups (broad SMARTS) is 1. The van der Waals surface area contributed by atoms with E-state index in [-0.39, 0.29) is 11.3 Å². The molecule has 0 aliphatic carbocycles. The van der Waals surface area contributed by atoms with E-state index in [1.54, 1.807) is 0 Å². The number of aromatic carboxylic acids is 1. The number of aromatic nitrogens is 2. The monoisotopic (exact) mass is 208 g/mol. The molecule has 0 spiro atoms. The second kappa shape index (κ2) is 3.32. The second-order valence-electron chi connectivity index (χ2n) is 2.78. The number of carbonyl (C=O) groups is 1. The number of carboxylic acids is 1. The summed E-state index contributed by atoms with van der Waals surface area (Å²) in [5.41, 5.74) is -0.143. The fraction of sp³-hybridized carbons (Fsp3) is 0.429. The van der Waals surface area contributed by atoms with Gasteiger partial charge in [0.1, 0.15) is 6.54 Å². The molecule has 0 radical (unpaired) electrons. The van der Waals surface area contributed by atoms with E-state index in [9.17, 15) is 18.0 Å². The van der Waals surface area contributed by atoms with Crippen molar-refractivity contribution < 1.29 is 23.1 Å². The first-order valence-corrected chi connectivity index (χ1v) is 3.63. The Morgan fingerprint density at radius 2 is 2.21 bits per heavy atom. The van der Waals surface area contributed by atoms with E-state index < -0.39 is 18.7 Å². The maximum absolute atomic E-state index is 11.9. The van der Waals surface area contributed by atoms with Gasteiger partial charge < -0.3 is 5.11 Å². The summed E-state index contributed by atoms with van der Waals surface area (Å²) in [6, 6.07) is 0. The van der Waals surface area contributed by atoms with Crippen LogP contribution in [-0.2, 0) is 6.54 Å². The SMILES string of the molecule is Cc1cn(CC(F)(F)F)nc1C(=O)O. The van der Waals surface area contributed by atoms with Crippen LogP contribution in [0.5, 0.6) is 0 Å². The summed E-state index contributed by atoms with van der Waals surface area (Å²) < 4.78 is 36.2. The standard InChI is InChI=1S/C7H7F3N2O2/c1-4-2-12(3-7(8,9)10)11-5(4)6(13)14/h2H,3H2,1H3,(H,13,14). The summed E-state index contributed by atoms with van der Waals surface area (Å²) in [6.07, 6.45) is -3.34. The van der Waals surface area contributed by atoms with Crippen LogP contribution >= 0.6 is 0 Å². The average Bonchev–Trinajstić information content (AvgIpc) is 2.26. The average molecular weight is 208 g/mol. The third-order valence-electron chi connectivity index (χ3n) is 1.49. The minimum absolute atomic E-state index is 0.210. The highest BCUT2D eigenvalue weighted by Crippen LogP contribution is 2.17. The number of aryl methyl sites for hydroxylation is 1. The number of rotatable bonds is 2. The van der Waals surface area contributed by atoms with Gasteiger partial charge in [0.25, 0.3) is 0 Å². The summed E-state index contributed by atoms with van der Waals surface area (Å²) in [5, 5.41) is 11.8. The minimum atomic E-state index is -4.39. The van der Waals surface area contributed by atoms with Crippen LogP contribution in [0, 0.1) is 6.92 Å². The first kappa shape index (κ1) is 10.6. The van der Waals surface area contributed by atoms with Crippen molar-refractivity contribution in [1.29, 1.82) is 0 Å². The molecule has 1 rings (SSSR count). The molecule has 0 unspecified atom stereocenters. The van der Waals surface area contributed by atoms with Crippen molar-refractivity contribution in [1.82, 2.24) is 9.78 Å². The van der Waals surface area contributed by atoms with Crippen molar-refractivity contribution >= 4 is 5.97 Å². The molecule has 0 amide bonds. The fourth-order valence-corrected chi connectivity index (χ4v) is 0.997. The molecule has 0 fully saturated rings. The third kappa shape index (κ3) is 2.48. The van der Waals surface area contributed by atoms with Gasteiger partial charge in [0, 0.05) is 11.8 Å². The Bertz CT molecular complexity index is 356. The highest BCUT2D eigenvalue weighted by Gasteiger charge is 2.29. The molecular formula is C7H7F3N2O2. The van der Waals surface area contributed by atoms with Gasteiger partial charge in [0.05, 0.1) is 0 Å².